The lowest BCUT2D eigenvalue weighted by Crippen LogP contribution is -2.53. The average Bonchev–Trinajstić information content (AvgIpc) is 2.72. The SMILES string of the molecule is COc1ccc(CNC(=O)C(C)N2CCN(c3ccccc3)CC2)cc1. The van der Waals surface area contributed by atoms with E-state index in [0.29, 0.717) is 6.54 Å². The number of anilines is 1. The molecule has 3 rings (SSSR count). The number of methoxy groups -OCH3 is 1. The second-order valence-electron chi connectivity index (χ2n) is 6.60. The summed E-state index contributed by atoms with van der Waals surface area (Å²) in [6.07, 6.45) is 0. The van der Waals surface area contributed by atoms with Crippen LogP contribution in [0, 0.1) is 0 Å². The van der Waals surface area contributed by atoms with Gasteiger partial charge in [0.05, 0.1) is 13.2 Å². The van der Waals surface area contributed by atoms with Crippen molar-refractivity contribution >= 4 is 11.6 Å². The van der Waals surface area contributed by atoms with Crippen LogP contribution in [0.1, 0.15) is 12.5 Å². The minimum atomic E-state index is -0.119. The lowest BCUT2D eigenvalue weighted by atomic mass is 10.1. The standard InChI is InChI=1S/C21H27N3O2/c1-17(21(25)22-16-18-8-10-20(26-2)11-9-18)23-12-14-24(15-13-23)19-6-4-3-5-7-19/h3-11,17H,12-16H2,1-2H3,(H,22,25). The lowest BCUT2D eigenvalue weighted by molar-refractivity contribution is -0.126. The fourth-order valence-corrected chi connectivity index (χ4v) is 3.25. The van der Waals surface area contributed by atoms with E-state index in [1.807, 2.05) is 37.3 Å². The zero-order valence-corrected chi connectivity index (χ0v) is 15.5. The Morgan fingerprint density at radius 1 is 1.04 bits per heavy atom. The molecule has 1 unspecified atom stereocenters. The third-order valence-electron chi connectivity index (χ3n) is 4.99. The molecule has 5 nitrogen and oxygen atoms in total. The first-order valence-corrected chi connectivity index (χ1v) is 9.12. The van der Waals surface area contributed by atoms with E-state index in [0.717, 1.165) is 37.5 Å². The van der Waals surface area contributed by atoms with Crippen molar-refractivity contribution in [2.24, 2.45) is 0 Å². The van der Waals surface area contributed by atoms with Crippen LogP contribution in [0.5, 0.6) is 5.75 Å². The predicted octanol–water partition coefficient (Wildman–Crippen LogP) is 2.52. The number of hydrogen-bond donors (Lipinski definition) is 1. The maximum absolute atomic E-state index is 12.5. The molecule has 0 radical (unpaired) electrons. The van der Waals surface area contributed by atoms with Crippen molar-refractivity contribution in [2.45, 2.75) is 19.5 Å². The zero-order chi connectivity index (χ0) is 18.4. The minimum absolute atomic E-state index is 0.0778. The predicted molar refractivity (Wildman–Crippen MR) is 105 cm³/mol. The van der Waals surface area contributed by atoms with Crippen LogP contribution in [0.15, 0.2) is 54.6 Å². The first-order valence-electron chi connectivity index (χ1n) is 9.12. The largest absolute Gasteiger partial charge is 0.497 e. The third kappa shape index (κ3) is 4.55. The maximum Gasteiger partial charge on any atom is 0.237 e. The topological polar surface area (TPSA) is 44.8 Å². The maximum atomic E-state index is 12.5. The van der Waals surface area contributed by atoms with Crippen molar-refractivity contribution in [1.82, 2.24) is 10.2 Å². The van der Waals surface area contributed by atoms with Gasteiger partial charge in [-0.15, -0.1) is 0 Å². The molecule has 5 heteroatoms. The van der Waals surface area contributed by atoms with Gasteiger partial charge in [0.2, 0.25) is 5.91 Å². The molecule has 0 spiro atoms. The van der Waals surface area contributed by atoms with Gasteiger partial charge in [-0.05, 0) is 36.8 Å². The first-order chi connectivity index (χ1) is 12.7. The Balaban J connectivity index is 1.46. The van der Waals surface area contributed by atoms with Gasteiger partial charge in [0.1, 0.15) is 5.75 Å². The van der Waals surface area contributed by atoms with Crippen molar-refractivity contribution < 1.29 is 9.53 Å². The summed E-state index contributed by atoms with van der Waals surface area (Å²) in [5, 5.41) is 3.04. The second-order valence-corrected chi connectivity index (χ2v) is 6.60. The highest BCUT2D eigenvalue weighted by Crippen LogP contribution is 2.17. The number of nitrogens with one attached hydrogen (secondary N) is 1. The van der Waals surface area contributed by atoms with Crippen LogP contribution < -0.4 is 15.0 Å². The van der Waals surface area contributed by atoms with Crippen LogP contribution in [-0.4, -0.2) is 50.1 Å². The van der Waals surface area contributed by atoms with E-state index in [1.54, 1.807) is 7.11 Å². The van der Waals surface area contributed by atoms with Crippen LogP contribution in [0.2, 0.25) is 0 Å². The number of benzene rings is 2. The van der Waals surface area contributed by atoms with Crippen LogP contribution in [0.3, 0.4) is 0 Å². The van der Waals surface area contributed by atoms with Gasteiger partial charge in [0.15, 0.2) is 0 Å². The number of hydrogen-bond acceptors (Lipinski definition) is 4. The lowest BCUT2D eigenvalue weighted by Gasteiger charge is -2.38. The van der Waals surface area contributed by atoms with Gasteiger partial charge < -0.3 is 15.0 Å². The van der Waals surface area contributed by atoms with Gasteiger partial charge in [0.25, 0.3) is 0 Å². The molecule has 1 heterocycles. The van der Waals surface area contributed by atoms with Crippen molar-refractivity contribution in [3.05, 3.63) is 60.2 Å². The summed E-state index contributed by atoms with van der Waals surface area (Å²) >= 11 is 0. The van der Waals surface area contributed by atoms with E-state index < -0.39 is 0 Å². The number of amides is 1. The number of para-hydroxylation sites is 1. The van der Waals surface area contributed by atoms with Crippen molar-refractivity contribution in [2.75, 3.05) is 38.2 Å². The highest BCUT2D eigenvalue weighted by atomic mass is 16.5. The van der Waals surface area contributed by atoms with Gasteiger partial charge in [-0.1, -0.05) is 30.3 Å². The smallest absolute Gasteiger partial charge is 0.237 e. The van der Waals surface area contributed by atoms with Gasteiger partial charge in [-0.2, -0.15) is 0 Å². The molecule has 0 aromatic heterocycles. The minimum Gasteiger partial charge on any atom is -0.497 e. The van der Waals surface area contributed by atoms with E-state index >= 15 is 0 Å². The normalized spacial score (nSPS) is 16.2. The Morgan fingerprint density at radius 3 is 2.31 bits per heavy atom. The molecule has 0 aliphatic carbocycles. The van der Waals surface area contributed by atoms with E-state index in [9.17, 15) is 4.79 Å². The number of piperazine rings is 1. The summed E-state index contributed by atoms with van der Waals surface area (Å²) in [6, 6.07) is 18.1. The summed E-state index contributed by atoms with van der Waals surface area (Å²) in [6.45, 7) is 6.21. The Labute approximate surface area is 155 Å². The molecule has 2 aromatic rings. The molecule has 2 aromatic carbocycles. The molecule has 26 heavy (non-hydrogen) atoms. The average molecular weight is 353 g/mol. The summed E-state index contributed by atoms with van der Waals surface area (Å²) in [4.78, 5) is 17.1. The summed E-state index contributed by atoms with van der Waals surface area (Å²) in [7, 11) is 1.65. The van der Waals surface area contributed by atoms with Crippen molar-refractivity contribution in [1.29, 1.82) is 0 Å². The van der Waals surface area contributed by atoms with Crippen LogP contribution >= 0.6 is 0 Å². The number of ether oxygens (including phenoxy) is 1. The number of rotatable bonds is 6. The van der Waals surface area contributed by atoms with Crippen LogP contribution in [0.25, 0.3) is 0 Å². The Morgan fingerprint density at radius 2 is 1.69 bits per heavy atom. The molecule has 138 valence electrons. The summed E-state index contributed by atoms with van der Waals surface area (Å²) < 4.78 is 5.15. The molecule has 1 fully saturated rings. The quantitative estimate of drug-likeness (QED) is 0.867. The molecular weight excluding hydrogens is 326 g/mol. The molecule has 1 atom stereocenters. The summed E-state index contributed by atoms with van der Waals surface area (Å²) in [5.41, 5.74) is 2.32. The van der Waals surface area contributed by atoms with Crippen molar-refractivity contribution in [3.63, 3.8) is 0 Å². The van der Waals surface area contributed by atoms with E-state index in [4.69, 9.17) is 4.74 Å². The fraction of sp³-hybridized carbons (Fsp3) is 0.381. The van der Waals surface area contributed by atoms with E-state index in [-0.39, 0.29) is 11.9 Å². The first kappa shape index (κ1) is 18.3. The van der Waals surface area contributed by atoms with Gasteiger partial charge in [-0.3, -0.25) is 9.69 Å². The fourth-order valence-electron chi connectivity index (χ4n) is 3.25. The third-order valence-corrected chi connectivity index (χ3v) is 4.99. The molecule has 1 saturated heterocycles. The Hall–Kier alpha value is -2.53. The van der Waals surface area contributed by atoms with Crippen molar-refractivity contribution in [3.8, 4) is 5.75 Å². The highest BCUT2D eigenvalue weighted by Gasteiger charge is 2.25. The van der Waals surface area contributed by atoms with Gasteiger partial charge >= 0.3 is 0 Å². The zero-order valence-electron chi connectivity index (χ0n) is 15.5. The molecule has 1 amide bonds. The molecule has 0 saturated carbocycles. The van der Waals surface area contributed by atoms with E-state index in [2.05, 4.69) is 39.4 Å². The molecule has 0 bridgehead atoms. The molecular formula is C21H27N3O2. The molecule has 1 aliphatic rings. The monoisotopic (exact) mass is 353 g/mol. The summed E-state index contributed by atoms with van der Waals surface area (Å²) in [5.74, 6) is 0.902. The van der Waals surface area contributed by atoms with E-state index in [1.165, 1.54) is 5.69 Å². The van der Waals surface area contributed by atoms with Gasteiger partial charge in [-0.25, -0.2) is 0 Å². The number of carbonyl (C=O) groups is 1. The molecule has 1 N–H and O–H groups in total. The second kappa shape index (κ2) is 8.72. The Bertz CT molecular complexity index is 695. The van der Waals surface area contributed by atoms with Crippen LogP contribution in [-0.2, 0) is 11.3 Å². The number of nitrogens with zero attached hydrogens (tertiary/aromatic N) is 2. The number of carbonyl (C=O) groups excluding carboxylic acids is 1. The molecule has 1 aliphatic heterocycles. The highest BCUT2D eigenvalue weighted by molar-refractivity contribution is 5.81. The van der Waals surface area contributed by atoms with Gasteiger partial charge in [0, 0.05) is 38.4 Å². The van der Waals surface area contributed by atoms with Crippen LogP contribution in [0.4, 0.5) is 5.69 Å². The Kier molecular flexibility index (Phi) is 6.12.